The molecule has 2 aromatic carbocycles. The average molecular weight is 462 g/mol. The molecule has 1 N–H and O–H groups in total. The van der Waals surface area contributed by atoms with Crippen LogP contribution in [-0.4, -0.2) is 27.0 Å². The first kappa shape index (κ1) is 18.6. The van der Waals surface area contributed by atoms with Crippen molar-refractivity contribution in [1.82, 2.24) is 20.4 Å². The second-order valence-corrected chi connectivity index (χ2v) is 7.83. The first-order valence-corrected chi connectivity index (χ1v) is 9.52. The molecule has 7 nitrogen and oxygen atoms in total. The molecular weight excluding hydrogens is 448 g/mol. The predicted octanol–water partition coefficient (Wildman–Crippen LogP) is 4.12. The zero-order chi connectivity index (χ0) is 19.9. The highest BCUT2D eigenvalue weighted by Gasteiger charge is 2.49. The van der Waals surface area contributed by atoms with Gasteiger partial charge in [0.05, 0.1) is 0 Å². The van der Waals surface area contributed by atoms with Gasteiger partial charge in [-0.05, 0) is 36.8 Å². The molecule has 1 fully saturated rings. The molecular formula is C19H14BrClN4O3. The van der Waals surface area contributed by atoms with Crippen molar-refractivity contribution in [3.8, 4) is 11.4 Å². The fourth-order valence-corrected chi connectivity index (χ4v) is 3.62. The number of halogens is 2. The van der Waals surface area contributed by atoms with Gasteiger partial charge in [0.1, 0.15) is 12.1 Å². The van der Waals surface area contributed by atoms with Crippen molar-refractivity contribution in [2.24, 2.45) is 0 Å². The van der Waals surface area contributed by atoms with Gasteiger partial charge in [0.25, 0.3) is 5.91 Å². The van der Waals surface area contributed by atoms with Crippen molar-refractivity contribution < 1.29 is 14.1 Å². The van der Waals surface area contributed by atoms with Crippen molar-refractivity contribution in [3.63, 3.8) is 0 Å². The molecule has 1 atom stereocenters. The van der Waals surface area contributed by atoms with Crippen LogP contribution in [0.2, 0.25) is 5.02 Å². The summed E-state index contributed by atoms with van der Waals surface area (Å²) in [5.41, 5.74) is 0.140. The van der Waals surface area contributed by atoms with Crippen molar-refractivity contribution in [3.05, 3.63) is 69.5 Å². The Morgan fingerprint density at radius 3 is 2.75 bits per heavy atom. The van der Waals surface area contributed by atoms with Gasteiger partial charge < -0.3 is 9.84 Å². The lowest BCUT2D eigenvalue weighted by Crippen LogP contribution is -2.40. The van der Waals surface area contributed by atoms with Crippen molar-refractivity contribution in [2.45, 2.75) is 19.0 Å². The Bertz CT molecular complexity index is 1090. The highest BCUT2D eigenvalue weighted by molar-refractivity contribution is 9.10. The molecule has 142 valence electrons. The van der Waals surface area contributed by atoms with E-state index in [1.165, 1.54) is 0 Å². The third kappa shape index (κ3) is 3.29. The quantitative estimate of drug-likeness (QED) is 0.591. The Morgan fingerprint density at radius 2 is 2.00 bits per heavy atom. The average Bonchev–Trinajstić information content (AvgIpc) is 3.21. The second kappa shape index (κ2) is 7.03. The molecule has 2 heterocycles. The number of carbonyl (C=O) groups is 2. The van der Waals surface area contributed by atoms with E-state index in [-0.39, 0.29) is 12.4 Å². The summed E-state index contributed by atoms with van der Waals surface area (Å²) in [6.07, 6.45) is 0. The summed E-state index contributed by atoms with van der Waals surface area (Å²) in [7, 11) is 0. The molecule has 0 aliphatic carbocycles. The third-order valence-electron chi connectivity index (χ3n) is 4.52. The smallest absolute Gasteiger partial charge is 0.325 e. The third-order valence-corrected chi connectivity index (χ3v) is 5.25. The van der Waals surface area contributed by atoms with E-state index in [9.17, 15) is 9.59 Å². The Kier molecular flexibility index (Phi) is 4.68. The summed E-state index contributed by atoms with van der Waals surface area (Å²) in [4.78, 5) is 30.8. The lowest BCUT2D eigenvalue weighted by molar-refractivity contribution is -0.131. The lowest BCUT2D eigenvalue weighted by atomic mass is 9.92. The summed E-state index contributed by atoms with van der Waals surface area (Å²) < 4.78 is 6.12. The van der Waals surface area contributed by atoms with Crippen LogP contribution in [-0.2, 0) is 16.9 Å². The standard InChI is InChI=1S/C19H14BrClN4O3/c1-19(12-5-3-7-14(21)9-12)17(26)25(18(27)23-19)10-15-22-16(24-28-15)11-4-2-6-13(20)8-11/h2-9H,10H2,1H3,(H,23,27). The van der Waals surface area contributed by atoms with Gasteiger partial charge in [0.2, 0.25) is 11.7 Å². The zero-order valence-corrected chi connectivity index (χ0v) is 17.0. The van der Waals surface area contributed by atoms with Crippen LogP contribution in [0.3, 0.4) is 0 Å². The highest BCUT2D eigenvalue weighted by atomic mass is 79.9. The monoisotopic (exact) mass is 460 g/mol. The van der Waals surface area contributed by atoms with Crippen molar-refractivity contribution in [2.75, 3.05) is 0 Å². The number of urea groups is 1. The molecule has 0 spiro atoms. The lowest BCUT2D eigenvalue weighted by Gasteiger charge is -2.22. The van der Waals surface area contributed by atoms with E-state index >= 15 is 0 Å². The second-order valence-electron chi connectivity index (χ2n) is 6.48. The van der Waals surface area contributed by atoms with Crippen LogP contribution in [0.1, 0.15) is 18.4 Å². The van der Waals surface area contributed by atoms with Gasteiger partial charge in [-0.3, -0.25) is 9.69 Å². The fraction of sp³-hybridized carbons (Fsp3) is 0.158. The summed E-state index contributed by atoms with van der Waals surface area (Å²) in [5.74, 6) is 0.122. The molecule has 28 heavy (non-hydrogen) atoms. The Hall–Kier alpha value is -2.71. The minimum absolute atomic E-state index is 0.123. The number of aromatic nitrogens is 2. The number of imide groups is 1. The van der Waals surface area contributed by atoms with E-state index in [1.807, 2.05) is 24.3 Å². The summed E-state index contributed by atoms with van der Waals surface area (Å²) in [6, 6.07) is 13.7. The number of nitrogens with one attached hydrogen (secondary N) is 1. The molecule has 4 rings (SSSR count). The van der Waals surface area contributed by atoms with Crippen LogP contribution in [0.25, 0.3) is 11.4 Å². The molecule has 1 saturated heterocycles. The maximum atomic E-state index is 13.0. The minimum atomic E-state index is -1.21. The molecule has 1 unspecified atom stereocenters. The number of nitrogens with zero attached hydrogens (tertiary/aromatic N) is 3. The number of rotatable bonds is 4. The largest absolute Gasteiger partial charge is 0.337 e. The van der Waals surface area contributed by atoms with Gasteiger partial charge in [-0.15, -0.1) is 0 Å². The normalized spacial score (nSPS) is 19.2. The Morgan fingerprint density at radius 1 is 1.21 bits per heavy atom. The van der Waals surface area contributed by atoms with Gasteiger partial charge in [0, 0.05) is 15.1 Å². The molecule has 3 amide bonds. The molecule has 1 aromatic heterocycles. The van der Waals surface area contributed by atoms with Crippen LogP contribution in [0, 0.1) is 0 Å². The maximum Gasteiger partial charge on any atom is 0.325 e. The predicted molar refractivity (Wildman–Crippen MR) is 105 cm³/mol. The van der Waals surface area contributed by atoms with Crippen LogP contribution in [0.5, 0.6) is 0 Å². The van der Waals surface area contributed by atoms with Gasteiger partial charge in [-0.1, -0.05) is 57.0 Å². The van der Waals surface area contributed by atoms with E-state index in [4.69, 9.17) is 16.1 Å². The number of hydrogen-bond donors (Lipinski definition) is 1. The number of amides is 3. The SMILES string of the molecule is CC1(c2cccc(Cl)c2)NC(=O)N(Cc2nc(-c3cccc(Br)c3)no2)C1=O. The fourth-order valence-electron chi connectivity index (χ4n) is 3.03. The van der Waals surface area contributed by atoms with Crippen molar-refractivity contribution in [1.29, 1.82) is 0 Å². The van der Waals surface area contributed by atoms with E-state index < -0.39 is 17.5 Å². The number of benzene rings is 2. The van der Waals surface area contributed by atoms with Gasteiger partial charge in [-0.25, -0.2) is 4.79 Å². The van der Waals surface area contributed by atoms with E-state index in [2.05, 4.69) is 31.4 Å². The first-order valence-electron chi connectivity index (χ1n) is 8.35. The van der Waals surface area contributed by atoms with Crippen LogP contribution < -0.4 is 5.32 Å². The summed E-state index contributed by atoms with van der Waals surface area (Å²) >= 11 is 9.42. The molecule has 3 aromatic rings. The summed E-state index contributed by atoms with van der Waals surface area (Å²) in [6.45, 7) is 1.52. The van der Waals surface area contributed by atoms with Crippen molar-refractivity contribution >= 4 is 39.5 Å². The van der Waals surface area contributed by atoms with Crippen LogP contribution in [0.15, 0.2) is 57.5 Å². The Labute approximate surface area is 173 Å². The van der Waals surface area contributed by atoms with Gasteiger partial charge >= 0.3 is 6.03 Å². The van der Waals surface area contributed by atoms with Crippen LogP contribution in [0.4, 0.5) is 4.79 Å². The molecule has 0 radical (unpaired) electrons. The minimum Gasteiger partial charge on any atom is -0.337 e. The molecule has 9 heteroatoms. The highest BCUT2D eigenvalue weighted by Crippen LogP contribution is 2.31. The van der Waals surface area contributed by atoms with E-state index in [1.54, 1.807) is 31.2 Å². The van der Waals surface area contributed by atoms with E-state index in [0.29, 0.717) is 16.4 Å². The van der Waals surface area contributed by atoms with E-state index in [0.717, 1.165) is 14.9 Å². The first-order chi connectivity index (χ1) is 13.4. The van der Waals surface area contributed by atoms with Gasteiger partial charge in [0.15, 0.2) is 0 Å². The topological polar surface area (TPSA) is 88.3 Å². The summed E-state index contributed by atoms with van der Waals surface area (Å²) in [5, 5.41) is 7.14. The van der Waals surface area contributed by atoms with Crippen LogP contribution >= 0.6 is 27.5 Å². The number of carbonyl (C=O) groups excluding carboxylic acids is 2. The molecule has 1 aliphatic rings. The van der Waals surface area contributed by atoms with Gasteiger partial charge in [-0.2, -0.15) is 4.98 Å². The zero-order valence-electron chi connectivity index (χ0n) is 14.6. The number of hydrogen-bond acceptors (Lipinski definition) is 5. The molecule has 0 bridgehead atoms. The Balaban J connectivity index is 1.57. The maximum absolute atomic E-state index is 13.0. The molecule has 0 saturated carbocycles. The molecule has 1 aliphatic heterocycles.